The highest BCUT2D eigenvalue weighted by molar-refractivity contribution is 7.89. The molecule has 2 unspecified atom stereocenters. The molecule has 0 saturated carbocycles. The van der Waals surface area contributed by atoms with Crippen molar-refractivity contribution < 1.29 is 27.8 Å². The van der Waals surface area contributed by atoms with Gasteiger partial charge in [0.2, 0.25) is 10.0 Å². The Morgan fingerprint density at radius 1 is 1.08 bits per heavy atom. The van der Waals surface area contributed by atoms with Gasteiger partial charge in [-0.05, 0) is 68.9 Å². The minimum atomic E-state index is -4.05. The molecule has 0 radical (unpaired) electrons. The Morgan fingerprint density at radius 3 is 2.23 bits per heavy atom. The van der Waals surface area contributed by atoms with Crippen LogP contribution in [0.25, 0.3) is 0 Å². The Balaban J connectivity index is 2.41. The number of amides is 1. The molecule has 0 aliphatic heterocycles. The molecule has 0 saturated heterocycles. The molecule has 2 aromatic carbocycles. The van der Waals surface area contributed by atoms with Crippen LogP contribution in [0.1, 0.15) is 53.0 Å². The molecule has 0 bridgehead atoms. The van der Waals surface area contributed by atoms with Gasteiger partial charge in [-0.1, -0.05) is 44.2 Å². The molecular weight excluding hydrogens is 518 g/mol. The highest BCUT2D eigenvalue weighted by Crippen LogP contribution is 2.28. The zero-order chi connectivity index (χ0) is 29.3. The number of hydrogen-bond acceptors (Lipinski definition) is 7. The lowest BCUT2D eigenvalue weighted by Gasteiger charge is -2.35. The summed E-state index contributed by atoms with van der Waals surface area (Å²) in [6, 6.07) is 16.6. The number of alkyl carbamates (subject to hydrolysis) is 1. The normalized spacial score (nSPS) is 13.8. The second kappa shape index (κ2) is 13.8. The van der Waals surface area contributed by atoms with E-state index in [0.717, 1.165) is 5.56 Å². The van der Waals surface area contributed by atoms with Crippen LogP contribution in [0.15, 0.2) is 59.5 Å². The van der Waals surface area contributed by atoms with Crippen molar-refractivity contribution in [2.75, 3.05) is 20.2 Å². The number of hydrogen-bond donors (Lipinski definition) is 2. The van der Waals surface area contributed by atoms with Crippen molar-refractivity contribution in [3.8, 4) is 11.8 Å². The fourth-order valence-electron chi connectivity index (χ4n) is 4.04. The van der Waals surface area contributed by atoms with Crippen molar-refractivity contribution in [1.29, 1.82) is 5.26 Å². The Morgan fingerprint density at radius 2 is 1.69 bits per heavy atom. The third-order valence-electron chi connectivity index (χ3n) is 6.07. The average Bonchev–Trinajstić information content (AvgIpc) is 2.86. The van der Waals surface area contributed by atoms with Crippen LogP contribution in [0, 0.1) is 16.7 Å². The standard InChI is InChI=1S/C29H41N3O6S/c1-28(2,3)38-27(34)31-25(19-22-11-8-7-9-12-22)26(33)20-32(21-29(4,5)17-10-18-30)39(35,36)24-15-13-23(37-6)14-16-24/h7-9,11-16,25-26,33H,10,17,19-21H2,1-6H3,(H,31,34). The molecule has 0 aliphatic rings. The Labute approximate surface area is 232 Å². The molecule has 2 rings (SSSR count). The van der Waals surface area contributed by atoms with Crippen LogP contribution in [0.2, 0.25) is 0 Å². The van der Waals surface area contributed by atoms with Gasteiger partial charge in [0, 0.05) is 19.5 Å². The number of rotatable bonds is 13. The molecule has 0 aliphatic carbocycles. The molecule has 1 amide bonds. The predicted octanol–water partition coefficient (Wildman–Crippen LogP) is 4.51. The molecule has 0 fully saturated rings. The van der Waals surface area contributed by atoms with Crippen molar-refractivity contribution in [2.45, 2.75) is 76.5 Å². The number of ether oxygens (including phenoxy) is 2. The quantitative estimate of drug-likeness (QED) is 0.369. The second-order valence-electron chi connectivity index (χ2n) is 11.3. The van der Waals surface area contributed by atoms with Gasteiger partial charge in [-0.25, -0.2) is 13.2 Å². The number of nitrogens with zero attached hydrogens (tertiary/aromatic N) is 2. The molecule has 2 atom stereocenters. The van der Waals surface area contributed by atoms with Crippen LogP contribution in [0.3, 0.4) is 0 Å². The number of nitriles is 1. The minimum absolute atomic E-state index is 0.0475. The lowest BCUT2D eigenvalue weighted by molar-refractivity contribution is 0.0392. The van der Waals surface area contributed by atoms with Gasteiger partial charge < -0.3 is 19.9 Å². The summed E-state index contributed by atoms with van der Waals surface area (Å²) in [6.45, 7) is 8.76. The van der Waals surface area contributed by atoms with Crippen molar-refractivity contribution in [3.05, 3.63) is 60.2 Å². The predicted molar refractivity (Wildman–Crippen MR) is 150 cm³/mol. The van der Waals surface area contributed by atoms with E-state index < -0.39 is 39.3 Å². The average molecular weight is 560 g/mol. The molecule has 0 aromatic heterocycles. The van der Waals surface area contributed by atoms with Gasteiger partial charge in [0.1, 0.15) is 11.4 Å². The largest absolute Gasteiger partial charge is 0.497 e. The summed E-state index contributed by atoms with van der Waals surface area (Å²) < 4.78 is 39.4. The Bertz CT molecular complexity index is 1200. The second-order valence-corrected chi connectivity index (χ2v) is 13.2. The molecule has 214 valence electrons. The first-order chi connectivity index (χ1) is 18.2. The highest BCUT2D eigenvalue weighted by Gasteiger charge is 2.35. The van der Waals surface area contributed by atoms with Gasteiger partial charge in [-0.2, -0.15) is 9.57 Å². The fourth-order valence-corrected chi connectivity index (χ4v) is 5.69. The summed E-state index contributed by atoms with van der Waals surface area (Å²) in [5, 5.41) is 23.2. The van der Waals surface area contributed by atoms with Gasteiger partial charge >= 0.3 is 6.09 Å². The summed E-state index contributed by atoms with van der Waals surface area (Å²) >= 11 is 0. The molecule has 10 heteroatoms. The summed E-state index contributed by atoms with van der Waals surface area (Å²) in [5.74, 6) is 0.513. The van der Waals surface area contributed by atoms with E-state index in [1.165, 1.54) is 23.5 Å². The molecular formula is C29H41N3O6S. The SMILES string of the molecule is COc1ccc(S(=O)(=O)N(CC(O)C(Cc2ccccc2)NC(=O)OC(C)(C)C)CC(C)(C)CCC#N)cc1. The van der Waals surface area contributed by atoms with Gasteiger partial charge in [0.05, 0.1) is 30.2 Å². The molecule has 0 spiro atoms. The van der Waals surface area contributed by atoms with E-state index in [0.29, 0.717) is 12.2 Å². The lowest BCUT2D eigenvalue weighted by Crippen LogP contribution is -2.52. The van der Waals surface area contributed by atoms with E-state index in [9.17, 15) is 18.3 Å². The van der Waals surface area contributed by atoms with E-state index >= 15 is 0 Å². The van der Waals surface area contributed by atoms with E-state index in [4.69, 9.17) is 14.7 Å². The molecule has 39 heavy (non-hydrogen) atoms. The molecule has 2 aromatic rings. The maximum Gasteiger partial charge on any atom is 0.407 e. The Hall–Kier alpha value is -3.13. The number of aliphatic hydroxyl groups excluding tert-OH is 1. The van der Waals surface area contributed by atoms with E-state index in [2.05, 4.69) is 11.4 Å². The van der Waals surface area contributed by atoms with Gasteiger partial charge in [-0.15, -0.1) is 0 Å². The number of benzene rings is 2. The van der Waals surface area contributed by atoms with Crippen LogP contribution in [-0.4, -0.2) is 61.9 Å². The zero-order valence-corrected chi connectivity index (χ0v) is 24.5. The number of sulfonamides is 1. The van der Waals surface area contributed by atoms with Crippen LogP contribution in [0.5, 0.6) is 5.75 Å². The number of aliphatic hydroxyl groups is 1. The smallest absolute Gasteiger partial charge is 0.407 e. The number of methoxy groups -OCH3 is 1. The van der Waals surface area contributed by atoms with Crippen LogP contribution < -0.4 is 10.1 Å². The summed E-state index contributed by atoms with van der Waals surface area (Å²) in [5.41, 5.74) is -0.444. The zero-order valence-electron chi connectivity index (χ0n) is 23.7. The Kier molecular flexibility index (Phi) is 11.3. The molecule has 0 heterocycles. The summed E-state index contributed by atoms with van der Waals surface area (Å²) in [6.07, 6.45) is -0.977. The third kappa shape index (κ3) is 10.5. The van der Waals surface area contributed by atoms with Crippen molar-refractivity contribution >= 4 is 16.1 Å². The van der Waals surface area contributed by atoms with Crippen LogP contribution in [-0.2, 0) is 21.2 Å². The highest BCUT2D eigenvalue weighted by atomic mass is 32.2. The van der Waals surface area contributed by atoms with Gasteiger partial charge in [-0.3, -0.25) is 0 Å². The minimum Gasteiger partial charge on any atom is -0.497 e. The third-order valence-corrected chi connectivity index (χ3v) is 7.90. The number of carbonyl (C=O) groups is 1. The van der Waals surface area contributed by atoms with E-state index in [-0.39, 0.29) is 30.8 Å². The molecule has 9 nitrogen and oxygen atoms in total. The monoisotopic (exact) mass is 559 g/mol. The van der Waals surface area contributed by atoms with Crippen molar-refractivity contribution in [2.24, 2.45) is 5.41 Å². The first-order valence-corrected chi connectivity index (χ1v) is 14.3. The lowest BCUT2D eigenvalue weighted by atomic mass is 9.88. The van der Waals surface area contributed by atoms with Gasteiger partial charge in [0.15, 0.2) is 0 Å². The maximum absolute atomic E-state index is 13.8. The number of nitrogens with one attached hydrogen (secondary N) is 1. The van der Waals surface area contributed by atoms with Crippen LogP contribution in [0.4, 0.5) is 4.79 Å². The fraction of sp³-hybridized carbons (Fsp3) is 0.517. The van der Waals surface area contributed by atoms with Crippen molar-refractivity contribution in [3.63, 3.8) is 0 Å². The van der Waals surface area contributed by atoms with Crippen molar-refractivity contribution in [1.82, 2.24) is 9.62 Å². The van der Waals surface area contributed by atoms with Crippen LogP contribution >= 0.6 is 0 Å². The van der Waals surface area contributed by atoms with Gasteiger partial charge in [0.25, 0.3) is 0 Å². The summed E-state index contributed by atoms with van der Waals surface area (Å²) in [4.78, 5) is 12.7. The molecule has 2 N–H and O–H groups in total. The maximum atomic E-state index is 13.8. The topological polar surface area (TPSA) is 129 Å². The first kappa shape index (κ1) is 32.1. The van der Waals surface area contributed by atoms with E-state index in [1.54, 1.807) is 32.9 Å². The van der Waals surface area contributed by atoms with E-state index in [1.807, 2.05) is 44.2 Å². The number of carbonyl (C=O) groups excluding carboxylic acids is 1. The first-order valence-electron chi connectivity index (χ1n) is 12.9. The summed E-state index contributed by atoms with van der Waals surface area (Å²) in [7, 11) is -2.56.